The van der Waals surface area contributed by atoms with E-state index in [0.29, 0.717) is 29.5 Å². The van der Waals surface area contributed by atoms with Crippen LogP contribution in [0, 0.1) is 17.8 Å². The van der Waals surface area contributed by atoms with Crippen LogP contribution in [-0.2, 0) is 4.74 Å². The van der Waals surface area contributed by atoms with Gasteiger partial charge in [-0.25, -0.2) is 9.98 Å². The second-order valence-corrected chi connectivity index (χ2v) is 14.3. The molecular formula is C23H25Br4ClN10O4. The number of H-pyrrole nitrogens is 2. The van der Waals surface area contributed by atoms with E-state index in [1.807, 2.05) is 0 Å². The number of amides is 2. The molecule has 1 spiro atoms. The largest absolute Gasteiger partial charge is 0.370 e. The Balaban J connectivity index is 1.37. The number of aliphatic imine (C=N–C) groups is 2. The van der Waals surface area contributed by atoms with Gasteiger partial charge in [0.1, 0.15) is 16.9 Å². The van der Waals surface area contributed by atoms with Gasteiger partial charge in [-0.05, 0) is 81.8 Å². The number of methoxy groups -OCH3 is 1. The SMILES string of the molecule is COC1N=C(N)N2C3N=C(N)NC3(O)C3C(CNC(=O)c4cc(Br)c(Br)[nH]4)C(CNC(=O)c4cc(Br)c(Br)[nH]4)C(Cl)C132. The van der Waals surface area contributed by atoms with Gasteiger partial charge in [0.05, 0.1) is 23.5 Å². The van der Waals surface area contributed by atoms with E-state index in [2.05, 4.69) is 99.6 Å². The Morgan fingerprint density at radius 1 is 1.05 bits per heavy atom. The van der Waals surface area contributed by atoms with Crippen molar-refractivity contribution in [3.05, 3.63) is 41.7 Å². The molecule has 2 fully saturated rings. The van der Waals surface area contributed by atoms with Crippen LogP contribution in [0.2, 0.25) is 0 Å². The number of aromatic amines is 2. The van der Waals surface area contributed by atoms with Crippen molar-refractivity contribution >= 4 is 99.1 Å². The van der Waals surface area contributed by atoms with Gasteiger partial charge in [0, 0.05) is 32.0 Å². The molecule has 10 N–H and O–H groups in total. The van der Waals surface area contributed by atoms with Crippen LogP contribution in [0.1, 0.15) is 21.0 Å². The number of aromatic nitrogens is 2. The van der Waals surface area contributed by atoms with E-state index in [9.17, 15) is 14.7 Å². The van der Waals surface area contributed by atoms with E-state index < -0.39 is 46.8 Å². The third-order valence-corrected chi connectivity index (χ3v) is 12.7. The van der Waals surface area contributed by atoms with Gasteiger partial charge in [-0.1, -0.05) is 0 Å². The zero-order chi connectivity index (χ0) is 30.3. The molecule has 1 saturated carbocycles. The first-order valence-electron chi connectivity index (χ1n) is 12.6. The summed E-state index contributed by atoms with van der Waals surface area (Å²) in [5.74, 6) is -2.42. The van der Waals surface area contributed by atoms with E-state index in [1.165, 1.54) is 7.11 Å². The lowest BCUT2D eigenvalue weighted by molar-refractivity contribution is -0.0613. The number of ether oxygens (including phenoxy) is 1. The number of guanidine groups is 2. The number of nitrogens with one attached hydrogen (secondary N) is 5. The summed E-state index contributed by atoms with van der Waals surface area (Å²) in [5, 5.41) is 20.3. The van der Waals surface area contributed by atoms with Crippen LogP contribution in [0.5, 0.6) is 0 Å². The first kappa shape index (κ1) is 30.2. The first-order chi connectivity index (χ1) is 19.8. The number of carbonyl (C=O) groups is 2. The highest BCUT2D eigenvalue weighted by molar-refractivity contribution is 9.13. The molecule has 2 aromatic rings. The highest BCUT2D eigenvalue weighted by atomic mass is 79.9. The Hall–Kier alpha value is -1.83. The van der Waals surface area contributed by atoms with Gasteiger partial charge in [0.2, 0.25) is 0 Å². The maximum absolute atomic E-state index is 13.2. The molecule has 226 valence electrons. The minimum absolute atomic E-state index is 0.0272. The van der Waals surface area contributed by atoms with Crippen molar-refractivity contribution in [3.8, 4) is 0 Å². The number of halogens is 5. The summed E-state index contributed by atoms with van der Waals surface area (Å²) in [4.78, 5) is 42.9. The molecule has 1 aliphatic carbocycles. The summed E-state index contributed by atoms with van der Waals surface area (Å²) >= 11 is 20.8. The van der Waals surface area contributed by atoms with Crippen molar-refractivity contribution in [2.75, 3.05) is 20.2 Å². The number of nitrogens with two attached hydrogens (primary N) is 2. The first-order valence-corrected chi connectivity index (χ1v) is 16.2. The van der Waals surface area contributed by atoms with Crippen LogP contribution in [0.15, 0.2) is 40.3 Å². The molecule has 0 radical (unpaired) electrons. The molecule has 1 saturated heterocycles. The molecule has 2 amide bonds. The lowest BCUT2D eigenvalue weighted by Gasteiger charge is -2.40. The van der Waals surface area contributed by atoms with E-state index >= 15 is 0 Å². The molecule has 8 unspecified atom stereocenters. The summed E-state index contributed by atoms with van der Waals surface area (Å²) in [5.41, 5.74) is 10.2. The second-order valence-electron chi connectivity index (χ2n) is 10.5. The van der Waals surface area contributed by atoms with Crippen LogP contribution < -0.4 is 27.4 Å². The summed E-state index contributed by atoms with van der Waals surface area (Å²) in [6.07, 6.45) is -1.81. The zero-order valence-electron chi connectivity index (χ0n) is 21.6. The Morgan fingerprint density at radius 3 is 2.10 bits per heavy atom. The van der Waals surface area contributed by atoms with Crippen LogP contribution >= 0.6 is 75.3 Å². The third kappa shape index (κ3) is 4.27. The van der Waals surface area contributed by atoms with E-state index in [0.717, 1.165) is 0 Å². The molecular weight excluding hydrogens is 835 g/mol. The van der Waals surface area contributed by atoms with Crippen LogP contribution in [0.25, 0.3) is 0 Å². The molecule has 19 heteroatoms. The quantitative estimate of drug-likeness (QED) is 0.190. The van der Waals surface area contributed by atoms with Crippen molar-refractivity contribution in [2.45, 2.75) is 29.0 Å². The maximum atomic E-state index is 13.2. The standard InChI is InChI=1S/C23H25Br4ClN10O4/c1-42-19-22-12(23(41)18(35-20(29)37-23)38(22)21(30)36-19)6(4-31-16(39)10-2-8(24)14(26)33-10)7(13(22)28)5-32-17(40)11-3-9(25)15(27)34-11/h2-3,6-7,12-13,18-19,33-34,41H,4-5H2,1H3,(H2,30,36)(H,31,39)(H,32,40)(H3,29,35,37). The molecule has 4 aliphatic rings. The fraction of sp³-hybridized carbons (Fsp3) is 0.478. The molecule has 5 heterocycles. The highest BCUT2D eigenvalue weighted by Crippen LogP contribution is 2.64. The van der Waals surface area contributed by atoms with Crippen molar-refractivity contribution in [3.63, 3.8) is 0 Å². The molecule has 0 bridgehead atoms. The maximum Gasteiger partial charge on any atom is 0.267 e. The van der Waals surface area contributed by atoms with E-state index in [4.69, 9.17) is 27.8 Å². The fourth-order valence-corrected chi connectivity index (χ4v) is 8.91. The predicted octanol–water partition coefficient (Wildman–Crippen LogP) is 1.31. The number of fused-ring (bicyclic) bond motifs is 3. The van der Waals surface area contributed by atoms with Gasteiger partial charge in [-0.3, -0.25) is 9.59 Å². The van der Waals surface area contributed by atoms with Gasteiger partial charge in [-0.15, -0.1) is 11.6 Å². The minimum atomic E-state index is -1.73. The Labute approximate surface area is 277 Å². The highest BCUT2D eigenvalue weighted by Gasteiger charge is 2.82. The third-order valence-electron chi connectivity index (χ3n) is 8.46. The van der Waals surface area contributed by atoms with Crippen LogP contribution in [-0.4, -0.2) is 92.9 Å². The van der Waals surface area contributed by atoms with Crippen LogP contribution in [0.3, 0.4) is 0 Å². The topological polar surface area (TPSA) is 211 Å². The summed E-state index contributed by atoms with van der Waals surface area (Å²) in [6, 6.07) is 3.29. The van der Waals surface area contributed by atoms with Gasteiger partial charge < -0.3 is 52.1 Å². The smallest absolute Gasteiger partial charge is 0.267 e. The average Bonchev–Trinajstić information content (AvgIpc) is 3.71. The van der Waals surface area contributed by atoms with Crippen molar-refractivity contribution < 1.29 is 19.4 Å². The monoisotopic (exact) mass is 856 g/mol. The number of hydrogen-bond acceptors (Lipinski definition) is 10. The molecule has 8 atom stereocenters. The van der Waals surface area contributed by atoms with Gasteiger partial charge >= 0.3 is 0 Å². The number of hydrogen-bond donors (Lipinski definition) is 8. The molecule has 3 aliphatic heterocycles. The number of alkyl halides is 1. The summed E-state index contributed by atoms with van der Waals surface area (Å²) in [6.45, 7) is 0.171. The molecule has 6 rings (SSSR count). The molecule has 14 nitrogen and oxygen atoms in total. The molecule has 42 heavy (non-hydrogen) atoms. The Bertz CT molecular complexity index is 1500. The minimum Gasteiger partial charge on any atom is -0.370 e. The molecule has 2 aromatic heterocycles. The van der Waals surface area contributed by atoms with E-state index in [1.54, 1.807) is 17.0 Å². The van der Waals surface area contributed by atoms with Gasteiger partial charge in [0.15, 0.2) is 30.0 Å². The number of carbonyl (C=O) groups excluding carboxylic acids is 2. The second kappa shape index (κ2) is 10.7. The van der Waals surface area contributed by atoms with Gasteiger partial charge in [-0.2, -0.15) is 0 Å². The van der Waals surface area contributed by atoms with Crippen molar-refractivity contribution in [1.82, 2.24) is 30.8 Å². The summed E-state index contributed by atoms with van der Waals surface area (Å²) in [7, 11) is 1.48. The molecule has 0 aromatic carbocycles. The van der Waals surface area contributed by atoms with Crippen LogP contribution in [0.4, 0.5) is 0 Å². The number of rotatable bonds is 7. The predicted molar refractivity (Wildman–Crippen MR) is 168 cm³/mol. The Morgan fingerprint density at radius 2 is 1.60 bits per heavy atom. The van der Waals surface area contributed by atoms with Gasteiger partial charge in [0.25, 0.3) is 11.8 Å². The fourth-order valence-electron chi connectivity index (χ4n) is 6.97. The number of nitrogens with zero attached hydrogens (tertiary/aromatic N) is 3. The van der Waals surface area contributed by atoms with Crippen molar-refractivity contribution in [2.24, 2.45) is 39.2 Å². The normalized spacial score (nSPS) is 34.4. The average molecular weight is 861 g/mol. The Kier molecular flexibility index (Phi) is 7.67. The number of aliphatic hydroxyl groups is 1. The zero-order valence-corrected chi connectivity index (χ0v) is 28.7. The lowest BCUT2D eigenvalue weighted by Crippen LogP contribution is -2.61. The van der Waals surface area contributed by atoms with Crippen molar-refractivity contribution in [1.29, 1.82) is 0 Å². The van der Waals surface area contributed by atoms with E-state index in [-0.39, 0.29) is 36.8 Å². The lowest BCUT2D eigenvalue weighted by atomic mass is 9.77. The summed E-state index contributed by atoms with van der Waals surface area (Å²) < 4.78 is 8.42.